The molecular weight excluding hydrogens is 248 g/mol. The molecule has 1 aromatic carbocycles. The Morgan fingerprint density at radius 2 is 2.11 bits per heavy atom. The smallest absolute Gasteiger partial charge is 0.323 e. The van der Waals surface area contributed by atoms with Crippen molar-refractivity contribution in [2.75, 3.05) is 7.11 Å². The Morgan fingerprint density at radius 3 is 2.68 bits per heavy atom. The molecule has 6 heteroatoms. The average Bonchev–Trinajstić information content (AvgIpc) is 2.36. The topological polar surface area (TPSA) is 89.0 Å². The summed E-state index contributed by atoms with van der Waals surface area (Å²) in [6.07, 6.45) is 1.51. The molecule has 0 heterocycles. The molecule has 0 unspecified atom stereocenters. The van der Waals surface area contributed by atoms with Crippen LogP contribution in [0.5, 0.6) is 11.5 Å². The number of Topliss-reactive ketones (excluding diaryl/α,β-unsaturated/α-hetero) is 1. The van der Waals surface area contributed by atoms with Crippen molar-refractivity contribution in [2.45, 2.75) is 19.8 Å². The maximum absolute atomic E-state index is 11.2. The highest BCUT2D eigenvalue weighted by Gasteiger charge is 2.10. The van der Waals surface area contributed by atoms with Crippen molar-refractivity contribution in [1.82, 2.24) is 0 Å². The van der Waals surface area contributed by atoms with Crippen LogP contribution in [0.15, 0.2) is 18.2 Å². The zero-order valence-electron chi connectivity index (χ0n) is 10.8. The summed E-state index contributed by atoms with van der Waals surface area (Å²) in [6.45, 7) is 1.30. The molecule has 0 amide bonds. The first kappa shape index (κ1) is 14.6. The molecule has 0 saturated heterocycles. The Bertz CT molecular complexity index is 533. The average molecular weight is 262 g/mol. The van der Waals surface area contributed by atoms with Crippen LogP contribution in [-0.4, -0.2) is 29.9 Å². The summed E-state index contributed by atoms with van der Waals surface area (Å²) in [5.74, 6) is 0.0317. The molecule has 0 saturated carbocycles. The third-order valence-electron chi connectivity index (χ3n) is 2.34. The highest BCUT2D eigenvalue weighted by atomic mass is 16.6. The van der Waals surface area contributed by atoms with E-state index in [2.05, 4.69) is 4.79 Å². The second-order valence-electron chi connectivity index (χ2n) is 3.79. The number of methoxy groups -OCH3 is 1. The van der Waals surface area contributed by atoms with E-state index in [-0.39, 0.29) is 12.2 Å². The molecule has 19 heavy (non-hydrogen) atoms. The van der Waals surface area contributed by atoms with Crippen LogP contribution < -0.4 is 9.47 Å². The highest BCUT2D eigenvalue weighted by Crippen LogP contribution is 2.28. The third kappa shape index (κ3) is 4.73. The second kappa shape index (κ2) is 7.08. The van der Waals surface area contributed by atoms with Crippen LogP contribution in [0.3, 0.4) is 0 Å². The van der Waals surface area contributed by atoms with E-state index in [1.54, 1.807) is 18.2 Å². The molecule has 6 nitrogen and oxygen atoms in total. The van der Waals surface area contributed by atoms with Gasteiger partial charge in [-0.05, 0) is 24.1 Å². The summed E-state index contributed by atoms with van der Waals surface area (Å²) in [6, 6.07) is 5.08. The van der Waals surface area contributed by atoms with Crippen LogP contribution >= 0.6 is 0 Å². The number of carbonyl (C=O) groups excluding carboxylic acids is 2. The van der Waals surface area contributed by atoms with E-state index in [1.165, 1.54) is 14.0 Å². The quantitative estimate of drug-likeness (QED) is 0.255. The Morgan fingerprint density at radius 1 is 1.37 bits per heavy atom. The van der Waals surface area contributed by atoms with Gasteiger partial charge in [-0.3, -0.25) is 9.59 Å². The molecule has 0 aliphatic carbocycles. The van der Waals surface area contributed by atoms with Crippen molar-refractivity contribution < 1.29 is 23.9 Å². The van der Waals surface area contributed by atoms with Gasteiger partial charge in [0.05, 0.1) is 7.11 Å². The van der Waals surface area contributed by atoms with Gasteiger partial charge in [-0.1, -0.05) is 6.07 Å². The highest BCUT2D eigenvalue weighted by molar-refractivity contribution is 6.25. The van der Waals surface area contributed by atoms with E-state index in [9.17, 15) is 9.59 Å². The van der Waals surface area contributed by atoms with Crippen molar-refractivity contribution in [3.05, 3.63) is 29.3 Å². The van der Waals surface area contributed by atoms with Crippen LogP contribution in [0.4, 0.5) is 0 Å². The molecule has 0 fully saturated rings. The fourth-order valence-corrected chi connectivity index (χ4v) is 1.51. The van der Waals surface area contributed by atoms with E-state index in [1.807, 2.05) is 0 Å². The molecule has 100 valence electrons. The van der Waals surface area contributed by atoms with Crippen LogP contribution in [0.25, 0.3) is 5.53 Å². The maximum atomic E-state index is 11.2. The largest absolute Gasteiger partial charge is 0.493 e. The standard InChI is InChI=1S/C13H14N2O4/c1-9(16)19-13-7-10(4-6-12(13)18-2)3-5-11(17)8-15-14/h4,6-8H,3,5H2,1-2H3. The van der Waals surface area contributed by atoms with Crippen LogP contribution in [0.1, 0.15) is 18.9 Å². The second-order valence-corrected chi connectivity index (χ2v) is 3.79. The molecule has 1 rings (SSSR count). The molecule has 0 aliphatic heterocycles. The molecule has 0 aliphatic rings. The van der Waals surface area contributed by atoms with Crippen molar-refractivity contribution in [3.8, 4) is 11.5 Å². The van der Waals surface area contributed by atoms with E-state index in [4.69, 9.17) is 15.0 Å². The number of esters is 1. The molecule has 0 aromatic heterocycles. The minimum Gasteiger partial charge on any atom is -0.493 e. The number of carbonyl (C=O) groups is 2. The Hall–Kier alpha value is -2.46. The Kier molecular flexibility index (Phi) is 5.44. The predicted octanol–water partition coefficient (Wildman–Crippen LogP) is 1.42. The van der Waals surface area contributed by atoms with Gasteiger partial charge in [0.2, 0.25) is 5.78 Å². The summed E-state index contributed by atoms with van der Waals surface area (Å²) in [7, 11) is 1.48. The number of benzene rings is 1. The lowest BCUT2D eigenvalue weighted by Gasteiger charge is -2.09. The minimum atomic E-state index is -0.445. The van der Waals surface area contributed by atoms with Crippen molar-refractivity contribution in [3.63, 3.8) is 0 Å². The van der Waals surface area contributed by atoms with E-state index < -0.39 is 5.97 Å². The number of rotatable bonds is 6. The number of hydrogen-bond donors (Lipinski definition) is 0. The lowest BCUT2D eigenvalue weighted by molar-refractivity contribution is -0.132. The predicted molar refractivity (Wildman–Crippen MR) is 67.3 cm³/mol. The molecule has 1 aromatic rings. The number of aryl methyl sites for hydroxylation is 1. The first-order valence-corrected chi connectivity index (χ1v) is 5.62. The van der Waals surface area contributed by atoms with E-state index in [0.717, 1.165) is 11.8 Å². The fourth-order valence-electron chi connectivity index (χ4n) is 1.51. The van der Waals surface area contributed by atoms with Gasteiger partial charge < -0.3 is 15.0 Å². The van der Waals surface area contributed by atoms with Crippen LogP contribution in [0, 0.1) is 0 Å². The third-order valence-corrected chi connectivity index (χ3v) is 2.34. The molecule has 0 radical (unpaired) electrons. The van der Waals surface area contributed by atoms with Gasteiger partial charge in [0.1, 0.15) is 0 Å². The number of ether oxygens (including phenoxy) is 2. The minimum absolute atomic E-state index is 0.204. The molecule has 0 spiro atoms. The SMILES string of the molecule is COc1ccc(CCC(=O)C=[N+]=[N-])cc1OC(C)=O. The zero-order chi connectivity index (χ0) is 14.3. The van der Waals surface area contributed by atoms with Gasteiger partial charge in [0.15, 0.2) is 11.5 Å². The maximum Gasteiger partial charge on any atom is 0.323 e. The molecule has 0 atom stereocenters. The van der Waals surface area contributed by atoms with Gasteiger partial charge in [0.25, 0.3) is 0 Å². The number of hydrogen-bond acceptors (Lipinski definition) is 4. The Balaban J connectivity index is 2.82. The van der Waals surface area contributed by atoms with Gasteiger partial charge >= 0.3 is 12.2 Å². The summed E-state index contributed by atoms with van der Waals surface area (Å²) < 4.78 is 10.1. The summed E-state index contributed by atoms with van der Waals surface area (Å²) in [4.78, 5) is 24.8. The normalized spacial score (nSPS) is 9.37. The summed E-state index contributed by atoms with van der Waals surface area (Å²) in [5, 5.41) is 0. The van der Waals surface area contributed by atoms with Gasteiger partial charge in [-0.25, -0.2) is 0 Å². The molecule has 0 N–H and O–H groups in total. The molecular formula is C13H14N2O4. The lowest BCUT2D eigenvalue weighted by atomic mass is 10.1. The zero-order valence-corrected chi connectivity index (χ0v) is 10.8. The first-order chi connectivity index (χ1) is 9.06. The van der Waals surface area contributed by atoms with Gasteiger partial charge in [-0.2, -0.15) is 4.79 Å². The Labute approximate surface area is 110 Å². The monoisotopic (exact) mass is 262 g/mol. The number of ketones is 1. The van der Waals surface area contributed by atoms with E-state index in [0.29, 0.717) is 17.9 Å². The van der Waals surface area contributed by atoms with Crippen molar-refractivity contribution >= 4 is 18.0 Å². The summed E-state index contributed by atoms with van der Waals surface area (Å²) >= 11 is 0. The van der Waals surface area contributed by atoms with Crippen molar-refractivity contribution in [2.24, 2.45) is 0 Å². The van der Waals surface area contributed by atoms with Gasteiger partial charge in [0, 0.05) is 13.3 Å². The molecule has 0 bridgehead atoms. The van der Waals surface area contributed by atoms with Gasteiger partial charge in [-0.15, -0.1) is 0 Å². The van der Waals surface area contributed by atoms with Crippen LogP contribution in [0.2, 0.25) is 0 Å². The van der Waals surface area contributed by atoms with E-state index >= 15 is 0 Å². The first-order valence-electron chi connectivity index (χ1n) is 5.62. The fraction of sp³-hybridized carbons (Fsp3) is 0.308. The lowest BCUT2D eigenvalue weighted by Crippen LogP contribution is -2.05. The number of nitrogens with zero attached hydrogens (tertiary/aromatic N) is 2. The summed E-state index contributed by atoms with van der Waals surface area (Å²) in [5.41, 5.74) is 9.04. The van der Waals surface area contributed by atoms with Crippen molar-refractivity contribution in [1.29, 1.82) is 0 Å². The van der Waals surface area contributed by atoms with Crippen LogP contribution in [-0.2, 0) is 16.0 Å².